The van der Waals surface area contributed by atoms with Crippen LogP contribution in [0.1, 0.15) is 26.7 Å². The zero-order valence-electron chi connectivity index (χ0n) is 10.0. The Bertz CT molecular complexity index is 360. The van der Waals surface area contributed by atoms with Gasteiger partial charge < -0.3 is 5.11 Å². The molecule has 2 nitrogen and oxygen atoms in total. The summed E-state index contributed by atoms with van der Waals surface area (Å²) in [4.78, 5) is 12.2. The largest absolute Gasteiger partial charge is 0.480 e. The number of carbonyl (C=O) groups is 1. The first-order chi connectivity index (χ1) is 8.08. The zero-order valence-corrected chi connectivity index (χ0v) is 11.6. The van der Waals surface area contributed by atoms with Crippen LogP contribution in [0.15, 0.2) is 29.2 Å². The van der Waals surface area contributed by atoms with Gasteiger partial charge in [0.1, 0.15) is 5.25 Å². The number of hydrogen-bond donors (Lipinski definition) is 1. The summed E-state index contributed by atoms with van der Waals surface area (Å²) in [5, 5.41) is 9.56. The SMILES string of the molecule is CCC(CC)C(Sc1ccc(Cl)cc1)C(=O)O. The van der Waals surface area contributed by atoms with Crippen molar-refractivity contribution in [3.8, 4) is 0 Å². The Morgan fingerprint density at radius 2 is 1.82 bits per heavy atom. The van der Waals surface area contributed by atoms with Crippen molar-refractivity contribution in [2.75, 3.05) is 0 Å². The number of benzene rings is 1. The fourth-order valence-electron chi connectivity index (χ4n) is 1.72. The first-order valence-corrected chi connectivity index (χ1v) is 6.99. The van der Waals surface area contributed by atoms with E-state index in [1.165, 1.54) is 11.8 Å². The number of rotatable bonds is 6. The summed E-state index contributed by atoms with van der Waals surface area (Å²) >= 11 is 7.21. The van der Waals surface area contributed by atoms with E-state index in [4.69, 9.17) is 11.6 Å². The first-order valence-electron chi connectivity index (χ1n) is 5.73. The maximum Gasteiger partial charge on any atom is 0.317 e. The van der Waals surface area contributed by atoms with Gasteiger partial charge in [-0.1, -0.05) is 38.3 Å². The summed E-state index contributed by atoms with van der Waals surface area (Å²) in [5.74, 6) is -0.535. The maximum atomic E-state index is 11.3. The lowest BCUT2D eigenvalue weighted by Crippen LogP contribution is -2.25. The number of carboxylic acid groups (broad SMARTS) is 1. The fourth-order valence-corrected chi connectivity index (χ4v) is 3.12. The second-order valence-electron chi connectivity index (χ2n) is 3.91. The van der Waals surface area contributed by atoms with Crippen LogP contribution < -0.4 is 0 Å². The Labute approximate surface area is 111 Å². The molecule has 0 amide bonds. The van der Waals surface area contributed by atoms with Crippen LogP contribution in [-0.2, 0) is 4.79 Å². The molecular formula is C13H17ClO2S. The van der Waals surface area contributed by atoms with Crippen LogP contribution in [0, 0.1) is 5.92 Å². The Kier molecular flexibility index (Phi) is 5.86. The average Bonchev–Trinajstić information content (AvgIpc) is 2.31. The van der Waals surface area contributed by atoms with E-state index in [2.05, 4.69) is 0 Å². The molecular weight excluding hydrogens is 256 g/mol. The van der Waals surface area contributed by atoms with Crippen molar-refractivity contribution < 1.29 is 9.90 Å². The second kappa shape index (κ2) is 6.92. The van der Waals surface area contributed by atoms with Gasteiger partial charge in [-0.25, -0.2) is 0 Å². The molecule has 0 spiro atoms. The number of thioether (sulfide) groups is 1. The van der Waals surface area contributed by atoms with Crippen molar-refractivity contribution in [1.29, 1.82) is 0 Å². The molecule has 1 N–H and O–H groups in total. The Hall–Kier alpha value is -0.670. The van der Waals surface area contributed by atoms with Gasteiger partial charge in [-0.2, -0.15) is 0 Å². The molecule has 0 saturated heterocycles. The molecule has 0 aromatic heterocycles. The smallest absolute Gasteiger partial charge is 0.317 e. The topological polar surface area (TPSA) is 37.3 Å². The molecule has 0 aliphatic heterocycles. The molecule has 4 heteroatoms. The van der Waals surface area contributed by atoms with Crippen LogP contribution in [0.2, 0.25) is 5.02 Å². The van der Waals surface area contributed by atoms with E-state index in [1.807, 2.05) is 26.0 Å². The van der Waals surface area contributed by atoms with Gasteiger partial charge >= 0.3 is 5.97 Å². The third kappa shape index (κ3) is 4.25. The van der Waals surface area contributed by atoms with Gasteiger partial charge in [-0.3, -0.25) is 4.79 Å². The molecule has 0 aliphatic carbocycles. The van der Waals surface area contributed by atoms with Crippen LogP contribution in [0.4, 0.5) is 0 Å². The average molecular weight is 273 g/mol. The van der Waals surface area contributed by atoms with Crippen molar-refractivity contribution >= 4 is 29.3 Å². The van der Waals surface area contributed by atoms with E-state index < -0.39 is 5.97 Å². The molecule has 17 heavy (non-hydrogen) atoms. The van der Waals surface area contributed by atoms with Crippen molar-refractivity contribution in [2.24, 2.45) is 5.92 Å². The van der Waals surface area contributed by atoms with Gasteiger partial charge in [0.05, 0.1) is 0 Å². The second-order valence-corrected chi connectivity index (χ2v) is 5.56. The van der Waals surface area contributed by atoms with Gasteiger partial charge in [0, 0.05) is 9.92 Å². The number of halogens is 1. The molecule has 0 radical (unpaired) electrons. The minimum Gasteiger partial charge on any atom is -0.480 e. The highest BCUT2D eigenvalue weighted by Crippen LogP contribution is 2.32. The highest BCUT2D eigenvalue weighted by atomic mass is 35.5. The summed E-state index contributed by atoms with van der Waals surface area (Å²) in [5.41, 5.74) is 0. The van der Waals surface area contributed by atoms with E-state index >= 15 is 0 Å². The predicted molar refractivity (Wildman–Crippen MR) is 72.8 cm³/mol. The Morgan fingerprint density at radius 1 is 1.29 bits per heavy atom. The number of hydrogen-bond acceptors (Lipinski definition) is 2. The normalized spacial score (nSPS) is 12.7. The number of aliphatic carboxylic acids is 1. The van der Waals surface area contributed by atoms with Crippen molar-refractivity contribution in [3.63, 3.8) is 0 Å². The fraction of sp³-hybridized carbons (Fsp3) is 0.462. The lowest BCUT2D eigenvalue weighted by Gasteiger charge is -2.20. The van der Waals surface area contributed by atoms with Crippen LogP contribution in [0.5, 0.6) is 0 Å². The predicted octanol–water partition coefficient (Wildman–Crippen LogP) is 4.32. The summed E-state index contributed by atoms with van der Waals surface area (Å²) in [6, 6.07) is 7.31. The van der Waals surface area contributed by atoms with Crippen LogP contribution in [0.25, 0.3) is 0 Å². The van der Waals surface area contributed by atoms with E-state index in [0.717, 1.165) is 17.7 Å². The molecule has 94 valence electrons. The van der Waals surface area contributed by atoms with Crippen molar-refractivity contribution in [2.45, 2.75) is 36.8 Å². The number of carboxylic acids is 1. The van der Waals surface area contributed by atoms with Gasteiger partial charge in [0.15, 0.2) is 0 Å². The highest BCUT2D eigenvalue weighted by molar-refractivity contribution is 8.00. The Balaban J connectivity index is 2.79. The van der Waals surface area contributed by atoms with E-state index in [0.29, 0.717) is 5.02 Å². The molecule has 1 unspecified atom stereocenters. The molecule has 1 aromatic carbocycles. The van der Waals surface area contributed by atoms with Crippen molar-refractivity contribution in [3.05, 3.63) is 29.3 Å². The van der Waals surface area contributed by atoms with Crippen LogP contribution >= 0.6 is 23.4 Å². The van der Waals surface area contributed by atoms with Crippen LogP contribution in [0.3, 0.4) is 0 Å². The quantitative estimate of drug-likeness (QED) is 0.784. The standard InChI is InChI=1S/C13H17ClO2S/c1-3-9(4-2)12(13(15)16)17-11-7-5-10(14)6-8-11/h5-9,12H,3-4H2,1-2H3,(H,15,16). The van der Waals surface area contributed by atoms with Gasteiger partial charge in [0.25, 0.3) is 0 Å². The van der Waals surface area contributed by atoms with Crippen LogP contribution in [-0.4, -0.2) is 16.3 Å². The lowest BCUT2D eigenvalue weighted by atomic mass is 9.99. The third-order valence-electron chi connectivity index (χ3n) is 2.80. The van der Waals surface area contributed by atoms with E-state index in [1.54, 1.807) is 12.1 Å². The van der Waals surface area contributed by atoms with E-state index in [9.17, 15) is 9.90 Å². The van der Waals surface area contributed by atoms with Gasteiger partial charge in [-0.05, 0) is 30.2 Å². The minimum atomic E-state index is -0.737. The molecule has 1 atom stereocenters. The molecule has 0 saturated carbocycles. The molecule has 0 heterocycles. The van der Waals surface area contributed by atoms with E-state index in [-0.39, 0.29) is 11.2 Å². The third-order valence-corrected chi connectivity index (χ3v) is 4.43. The monoisotopic (exact) mass is 272 g/mol. The molecule has 0 bridgehead atoms. The minimum absolute atomic E-state index is 0.202. The first kappa shape index (κ1) is 14.4. The summed E-state index contributed by atoms with van der Waals surface area (Å²) < 4.78 is 0. The van der Waals surface area contributed by atoms with Gasteiger partial charge in [0.2, 0.25) is 0 Å². The molecule has 0 fully saturated rings. The molecule has 0 aliphatic rings. The van der Waals surface area contributed by atoms with Gasteiger partial charge in [-0.15, -0.1) is 11.8 Å². The summed E-state index contributed by atoms with van der Waals surface area (Å²) in [6.45, 7) is 4.07. The summed E-state index contributed by atoms with van der Waals surface area (Å²) in [7, 11) is 0. The lowest BCUT2D eigenvalue weighted by molar-refractivity contribution is -0.137. The Morgan fingerprint density at radius 3 is 2.24 bits per heavy atom. The molecule has 1 rings (SSSR count). The van der Waals surface area contributed by atoms with Crippen molar-refractivity contribution in [1.82, 2.24) is 0 Å². The maximum absolute atomic E-state index is 11.3. The zero-order chi connectivity index (χ0) is 12.8. The molecule has 1 aromatic rings. The highest BCUT2D eigenvalue weighted by Gasteiger charge is 2.26. The summed E-state index contributed by atoms with van der Waals surface area (Å²) in [6.07, 6.45) is 1.77.